The molecule has 1 amide bonds. The van der Waals surface area contributed by atoms with Crippen LogP contribution in [0.25, 0.3) is 0 Å². The molecule has 0 atom stereocenters. The molecule has 2 aromatic carbocycles. The standard InChI is InChI=1S/C17H14INO5/c18-13-4-2-1-3-12(13)17(21)24-10-16(20)19-11-5-6-14-15(9-11)23-8-7-22-14/h1-6,9H,7-8,10H2,(H,19,20). The highest BCUT2D eigenvalue weighted by atomic mass is 127. The lowest BCUT2D eigenvalue weighted by atomic mass is 10.2. The molecule has 0 bridgehead atoms. The van der Waals surface area contributed by atoms with Crippen molar-refractivity contribution in [3.05, 3.63) is 51.6 Å². The largest absolute Gasteiger partial charge is 0.486 e. The van der Waals surface area contributed by atoms with Crippen LogP contribution in [0.2, 0.25) is 0 Å². The first-order valence-electron chi connectivity index (χ1n) is 7.24. The van der Waals surface area contributed by atoms with Gasteiger partial charge in [0.05, 0.1) is 5.56 Å². The first-order valence-corrected chi connectivity index (χ1v) is 8.32. The highest BCUT2D eigenvalue weighted by molar-refractivity contribution is 14.1. The van der Waals surface area contributed by atoms with Crippen LogP contribution in [0.3, 0.4) is 0 Å². The third kappa shape index (κ3) is 3.97. The fourth-order valence-corrected chi connectivity index (χ4v) is 2.76. The zero-order chi connectivity index (χ0) is 16.9. The predicted octanol–water partition coefficient (Wildman–Crippen LogP) is 2.86. The lowest BCUT2D eigenvalue weighted by Gasteiger charge is -2.19. The molecular formula is C17H14INO5. The van der Waals surface area contributed by atoms with Crippen molar-refractivity contribution in [2.45, 2.75) is 0 Å². The molecule has 0 spiro atoms. The summed E-state index contributed by atoms with van der Waals surface area (Å²) in [6, 6.07) is 12.1. The number of rotatable bonds is 4. The molecule has 0 unspecified atom stereocenters. The van der Waals surface area contributed by atoms with E-state index in [1.165, 1.54) is 0 Å². The number of amides is 1. The number of ether oxygens (including phenoxy) is 3. The highest BCUT2D eigenvalue weighted by Gasteiger charge is 2.15. The van der Waals surface area contributed by atoms with Gasteiger partial charge in [-0.15, -0.1) is 0 Å². The average molecular weight is 439 g/mol. The zero-order valence-electron chi connectivity index (χ0n) is 12.6. The smallest absolute Gasteiger partial charge is 0.339 e. The van der Waals surface area contributed by atoms with Gasteiger partial charge in [-0.1, -0.05) is 12.1 Å². The number of fused-ring (bicyclic) bond motifs is 1. The van der Waals surface area contributed by atoms with Crippen LogP contribution in [-0.4, -0.2) is 31.7 Å². The molecule has 6 nitrogen and oxygen atoms in total. The van der Waals surface area contributed by atoms with E-state index in [-0.39, 0.29) is 6.61 Å². The Kier molecular flexibility index (Phi) is 5.19. The molecule has 1 heterocycles. The van der Waals surface area contributed by atoms with E-state index in [0.717, 1.165) is 3.57 Å². The molecule has 0 aromatic heterocycles. The molecule has 7 heteroatoms. The maximum atomic E-state index is 12.0. The van der Waals surface area contributed by atoms with Gasteiger partial charge in [0.2, 0.25) is 0 Å². The third-order valence-electron chi connectivity index (χ3n) is 3.25. The highest BCUT2D eigenvalue weighted by Crippen LogP contribution is 2.32. The summed E-state index contributed by atoms with van der Waals surface area (Å²) in [5.41, 5.74) is 0.986. The minimum atomic E-state index is -0.530. The Balaban J connectivity index is 1.56. The van der Waals surface area contributed by atoms with Gasteiger partial charge >= 0.3 is 5.97 Å². The fraction of sp³-hybridized carbons (Fsp3) is 0.176. The Morgan fingerprint density at radius 1 is 1.08 bits per heavy atom. The predicted molar refractivity (Wildman–Crippen MR) is 95.5 cm³/mol. The number of carbonyl (C=O) groups excluding carboxylic acids is 2. The molecule has 0 saturated heterocycles. The van der Waals surface area contributed by atoms with Crippen molar-refractivity contribution in [2.75, 3.05) is 25.1 Å². The van der Waals surface area contributed by atoms with E-state index >= 15 is 0 Å². The summed E-state index contributed by atoms with van der Waals surface area (Å²) in [6.07, 6.45) is 0. The molecule has 1 aliphatic rings. The Labute approximate surface area is 152 Å². The second kappa shape index (κ2) is 7.52. The maximum absolute atomic E-state index is 12.0. The SMILES string of the molecule is O=C(COC(=O)c1ccccc1I)Nc1ccc2c(c1)OCCO2. The second-order valence-electron chi connectivity index (χ2n) is 4.96. The van der Waals surface area contributed by atoms with Crippen molar-refractivity contribution in [3.63, 3.8) is 0 Å². The molecule has 0 saturated carbocycles. The molecule has 1 aliphatic heterocycles. The number of hydrogen-bond acceptors (Lipinski definition) is 5. The van der Waals surface area contributed by atoms with Gasteiger partial charge in [-0.25, -0.2) is 4.79 Å². The van der Waals surface area contributed by atoms with E-state index in [1.54, 1.807) is 36.4 Å². The quantitative estimate of drug-likeness (QED) is 0.586. The van der Waals surface area contributed by atoms with E-state index in [0.29, 0.717) is 36.0 Å². The van der Waals surface area contributed by atoms with Crippen molar-refractivity contribution in [1.82, 2.24) is 0 Å². The molecule has 1 N–H and O–H groups in total. The van der Waals surface area contributed by atoms with Crippen molar-refractivity contribution < 1.29 is 23.8 Å². The van der Waals surface area contributed by atoms with Crippen LogP contribution in [0.15, 0.2) is 42.5 Å². The van der Waals surface area contributed by atoms with Gasteiger partial charge in [-0.2, -0.15) is 0 Å². The minimum Gasteiger partial charge on any atom is -0.486 e. The number of hydrogen-bond donors (Lipinski definition) is 1. The normalized spacial score (nSPS) is 12.4. The first kappa shape index (κ1) is 16.6. The number of carbonyl (C=O) groups is 2. The number of esters is 1. The summed E-state index contributed by atoms with van der Waals surface area (Å²) < 4.78 is 16.7. The van der Waals surface area contributed by atoms with Crippen LogP contribution in [0.5, 0.6) is 11.5 Å². The van der Waals surface area contributed by atoms with Gasteiger partial charge in [-0.05, 0) is 46.9 Å². The van der Waals surface area contributed by atoms with E-state index < -0.39 is 11.9 Å². The van der Waals surface area contributed by atoms with Crippen molar-refractivity contribution in [1.29, 1.82) is 0 Å². The number of halogens is 1. The minimum absolute atomic E-state index is 0.363. The summed E-state index contributed by atoms with van der Waals surface area (Å²) in [6.45, 7) is 0.614. The summed E-state index contributed by atoms with van der Waals surface area (Å²) in [5, 5.41) is 2.66. The molecule has 24 heavy (non-hydrogen) atoms. The molecule has 3 rings (SSSR count). The Morgan fingerprint density at radius 3 is 2.62 bits per heavy atom. The number of anilines is 1. The summed E-state index contributed by atoms with van der Waals surface area (Å²) >= 11 is 2.04. The summed E-state index contributed by atoms with van der Waals surface area (Å²) in [7, 11) is 0. The molecule has 2 aromatic rings. The summed E-state index contributed by atoms with van der Waals surface area (Å²) in [4.78, 5) is 23.9. The Bertz CT molecular complexity index is 777. The molecular weight excluding hydrogens is 425 g/mol. The topological polar surface area (TPSA) is 73.9 Å². The van der Waals surface area contributed by atoms with Crippen LogP contribution in [-0.2, 0) is 9.53 Å². The van der Waals surface area contributed by atoms with Crippen molar-refractivity contribution >= 4 is 40.2 Å². The first-order chi connectivity index (χ1) is 11.6. The van der Waals surface area contributed by atoms with Crippen LogP contribution >= 0.6 is 22.6 Å². The van der Waals surface area contributed by atoms with Crippen LogP contribution < -0.4 is 14.8 Å². The Hall–Kier alpha value is -2.29. The molecule has 124 valence electrons. The second-order valence-corrected chi connectivity index (χ2v) is 6.12. The van der Waals surface area contributed by atoms with E-state index in [4.69, 9.17) is 14.2 Å². The summed E-state index contributed by atoms with van der Waals surface area (Å²) in [5.74, 6) is 0.266. The zero-order valence-corrected chi connectivity index (χ0v) is 14.7. The lowest BCUT2D eigenvalue weighted by molar-refractivity contribution is -0.119. The van der Waals surface area contributed by atoms with E-state index in [9.17, 15) is 9.59 Å². The van der Waals surface area contributed by atoms with Gasteiger partial charge in [0, 0.05) is 15.3 Å². The van der Waals surface area contributed by atoms with Gasteiger partial charge in [0.25, 0.3) is 5.91 Å². The maximum Gasteiger partial charge on any atom is 0.339 e. The number of nitrogens with one attached hydrogen (secondary N) is 1. The van der Waals surface area contributed by atoms with Gasteiger partial charge < -0.3 is 19.5 Å². The van der Waals surface area contributed by atoms with E-state index in [2.05, 4.69) is 5.32 Å². The molecule has 0 radical (unpaired) electrons. The molecule has 0 fully saturated rings. The number of benzene rings is 2. The van der Waals surface area contributed by atoms with Crippen LogP contribution in [0, 0.1) is 3.57 Å². The van der Waals surface area contributed by atoms with Gasteiger partial charge in [0.1, 0.15) is 13.2 Å². The Morgan fingerprint density at radius 2 is 1.83 bits per heavy atom. The van der Waals surface area contributed by atoms with Crippen molar-refractivity contribution in [2.24, 2.45) is 0 Å². The van der Waals surface area contributed by atoms with Gasteiger partial charge in [-0.3, -0.25) is 4.79 Å². The van der Waals surface area contributed by atoms with Gasteiger partial charge in [0.15, 0.2) is 18.1 Å². The fourth-order valence-electron chi connectivity index (χ4n) is 2.15. The van der Waals surface area contributed by atoms with E-state index in [1.807, 2.05) is 28.7 Å². The molecule has 0 aliphatic carbocycles. The monoisotopic (exact) mass is 439 g/mol. The lowest BCUT2D eigenvalue weighted by Crippen LogP contribution is -2.21. The van der Waals surface area contributed by atoms with Crippen molar-refractivity contribution in [3.8, 4) is 11.5 Å². The van der Waals surface area contributed by atoms with Crippen LogP contribution in [0.4, 0.5) is 5.69 Å². The van der Waals surface area contributed by atoms with Crippen LogP contribution in [0.1, 0.15) is 10.4 Å². The third-order valence-corrected chi connectivity index (χ3v) is 4.19. The average Bonchev–Trinajstić information content (AvgIpc) is 2.60.